The molecular weight excluding hydrogens is 262 g/mol. The molecule has 21 heavy (non-hydrogen) atoms. The Kier molecular flexibility index (Phi) is 6.46. The Morgan fingerprint density at radius 3 is 2.90 bits per heavy atom. The van der Waals surface area contributed by atoms with E-state index >= 15 is 0 Å². The van der Waals surface area contributed by atoms with E-state index in [1.54, 1.807) is 0 Å². The normalized spacial score (nSPS) is 17.7. The first kappa shape index (κ1) is 16.2. The molecule has 0 aliphatic carbocycles. The molecule has 1 saturated heterocycles. The molecule has 1 N–H and O–H groups in total. The molecule has 4 nitrogen and oxygen atoms in total. The lowest BCUT2D eigenvalue weighted by Crippen LogP contribution is -2.31. The van der Waals surface area contributed by atoms with E-state index in [1.807, 2.05) is 12.3 Å². The molecule has 2 rings (SSSR count). The third-order valence-electron chi connectivity index (χ3n) is 4.22. The van der Waals surface area contributed by atoms with Crippen LogP contribution in [0.2, 0.25) is 0 Å². The van der Waals surface area contributed by atoms with Gasteiger partial charge in [0, 0.05) is 44.6 Å². The minimum Gasteiger partial charge on any atom is -0.381 e. The summed E-state index contributed by atoms with van der Waals surface area (Å²) in [6, 6.07) is 4.56. The summed E-state index contributed by atoms with van der Waals surface area (Å²) in [6.45, 7) is 8.33. The topological polar surface area (TPSA) is 37.4 Å². The van der Waals surface area contributed by atoms with E-state index < -0.39 is 0 Å². The van der Waals surface area contributed by atoms with E-state index in [2.05, 4.69) is 42.2 Å². The second-order valence-electron chi connectivity index (χ2n) is 6.03. The molecule has 0 saturated carbocycles. The van der Waals surface area contributed by atoms with Crippen molar-refractivity contribution in [2.75, 3.05) is 38.3 Å². The fourth-order valence-electron chi connectivity index (χ4n) is 2.94. The molecule has 118 valence electrons. The van der Waals surface area contributed by atoms with Crippen LogP contribution in [0, 0.1) is 5.92 Å². The highest BCUT2D eigenvalue weighted by atomic mass is 16.5. The monoisotopic (exact) mass is 291 g/mol. The maximum atomic E-state index is 5.45. The first-order valence-corrected chi connectivity index (χ1v) is 8.19. The molecular formula is C17H29N3O. The summed E-state index contributed by atoms with van der Waals surface area (Å²) < 4.78 is 5.45. The lowest BCUT2D eigenvalue weighted by Gasteiger charge is -2.30. The number of rotatable bonds is 7. The van der Waals surface area contributed by atoms with Crippen LogP contribution in [0.1, 0.15) is 44.7 Å². The minimum atomic E-state index is 0.339. The molecule has 0 amide bonds. The van der Waals surface area contributed by atoms with Crippen LogP contribution in [-0.2, 0) is 4.74 Å². The molecule has 1 aliphatic rings. The molecule has 0 aromatic carbocycles. The Bertz CT molecular complexity index is 418. The fraction of sp³-hybridized carbons (Fsp3) is 0.706. The van der Waals surface area contributed by atoms with Crippen LogP contribution in [0.4, 0.5) is 5.82 Å². The lowest BCUT2D eigenvalue weighted by atomic mass is 9.99. The predicted octanol–water partition coefficient (Wildman–Crippen LogP) is 3.01. The van der Waals surface area contributed by atoms with Crippen LogP contribution in [0.3, 0.4) is 0 Å². The molecule has 1 unspecified atom stereocenters. The molecule has 1 fully saturated rings. The van der Waals surface area contributed by atoms with E-state index in [9.17, 15) is 0 Å². The van der Waals surface area contributed by atoms with Crippen molar-refractivity contribution in [3.8, 4) is 0 Å². The SMILES string of the molecule is CCCNC(C)c1cccnc1N(C)CC1CCOCC1. The molecule has 1 aromatic rings. The number of pyridine rings is 1. The van der Waals surface area contributed by atoms with Gasteiger partial charge in [0.25, 0.3) is 0 Å². The Balaban J connectivity index is 2.03. The van der Waals surface area contributed by atoms with Gasteiger partial charge in [-0.3, -0.25) is 0 Å². The van der Waals surface area contributed by atoms with Gasteiger partial charge in [-0.15, -0.1) is 0 Å². The number of hydrogen-bond acceptors (Lipinski definition) is 4. The average Bonchev–Trinajstić information content (AvgIpc) is 2.53. The van der Waals surface area contributed by atoms with Crippen molar-refractivity contribution in [1.29, 1.82) is 0 Å². The number of nitrogens with zero attached hydrogens (tertiary/aromatic N) is 2. The summed E-state index contributed by atoms with van der Waals surface area (Å²) in [5, 5.41) is 3.56. The number of ether oxygens (including phenoxy) is 1. The highest BCUT2D eigenvalue weighted by Gasteiger charge is 2.19. The first-order valence-electron chi connectivity index (χ1n) is 8.19. The zero-order valence-electron chi connectivity index (χ0n) is 13.6. The van der Waals surface area contributed by atoms with Crippen LogP contribution >= 0.6 is 0 Å². The van der Waals surface area contributed by atoms with Crippen molar-refractivity contribution in [3.63, 3.8) is 0 Å². The summed E-state index contributed by atoms with van der Waals surface area (Å²) in [5.41, 5.74) is 1.29. The van der Waals surface area contributed by atoms with Gasteiger partial charge in [0.05, 0.1) is 0 Å². The van der Waals surface area contributed by atoms with Crippen molar-refractivity contribution in [2.45, 2.75) is 39.2 Å². The first-order chi connectivity index (χ1) is 10.2. The second kappa shape index (κ2) is 8.35. The number of aromatic nitrogens is 1. The van der Waals surface area contributed by atoms with Crippen molar-refractivity contribution in [3.05, 3.63) is 23.9 Å². The van der Waals surface area contributed by atoms with Crippen molar-refractivity contribution in [1.82, 2.24) is 10.3 Å². The molecule has 4 heteroatoms. The van der Waals surface area contributed by atoms with E-state index in [0.29, 0.717) is 6.04 Å². The van der Waals surface area contributed by atoms with E-state index in [1.165, 1.54) is 5.56 Å². The maximum Gasteiger partial charge on any atom is 0.133 e. The summed E-state index contributed by atoms with van der Waals surface area (Å²) in [7, 11) is 2.16. The van der Waals surface area contributed by atoms with E-state index in [0.717, 1.165) is 57.3 Å². The van der Waals surface area contributed by atoms with Gasteiger partial charge in [-0.05, 0) is 44.7 Å². The van der Waals surface area contributed by atoms with Crippen LogP contribution in [0.25, 0.3) is 0 Å². The Labute approximate surface area is 128 Å². The zero-order chi connectivity index (χ0) is 15.1. The van der Waals surface area contributed by atoms with Gasteiger partial charge in [-0.1, -0.05) is 13.0 Å². The van der Waals surface area contributed by atoms with Gasteiger partial charge >= 0.3 is 0 Å². The number of nitrogens with one attached hydrogen (secondary N) is 1. The maximum absolute atomic E-state index is 5.45. The van der Waals surface area contributed by atoms with Gasteiger partial charge in [0.15, 0.2) is 0 Å². The van der Waals surface area contributed by atoms with Crippen LogP contribution in [0.15, 0.2) is 18.3 Å². The number of hydrogen-bond donors (Lipinski definition) is 1. The zero-order valence-corrected chi connectivity index (χ0v) is 13.6. The Morgan fingerprint density at radius 2 is 2.19 bits per heavy atom. The molecule has 2 heterocycles. The fourth-order valence-corrected chi connectivity index (χ4v) is 2.94. The van der Waals surface area contributed by atoms with E-state index in [4.69, 9.17) is 4.74 Å². The highest BCUT2D eigenvalue weighted by molar-refractivity contribution is 5.47. The summed E-state index contributed by atoms with van der Waals surface area (Å²) in [5.74, 6) is 1.83. The number of anilines is 1. The quantitative estimate of drug-likeness (QED) is 0.838. The predicted molar refractivity (Wildman–Crippen MR) is 87.8 cm³/mol. The van der Waals surface area contributed by atoms with E-state index in [-0.39, 0.29) is 0 Å². The smallest absolute Gasteiger partial charge is 0.133 e. The summed E-state index contributed by atoms with van der Waals surface area (Å²) in [6.07, 6.45) is 5.37. The summed E-state index contributed by atoms with van der Waals surface area (Å²) in [4.78, 5) is 6.94. The van der Waals surface area contributed by atoms with Gasteiger partial charge in [0.2, 0.25) is 0 Å². The summed E-state index contributed by atoms with van der Waals surface area (Å²) >= 11 is 0. The third kappa shape index (κ3) is 4.68. The van der Waals surface area contributed by atoms with Crippen molar-refractivity contribution < 1.29 is 4.74 Å². The Morgan fingerprint density at radius 1 is 1.43 bits per heavy atom. The molecule has 0 spiro atoms. The highest BCUT2D eigenvalue weighted by Crippen LogP contribution is 2.25. The standard InChI is InChI=1S/C17H29N3O/c1-4-9-18-14(2)16-6-5-10-19-17(16)20(3)13-15-7-11-21-12-8-15/h5-6,10,14-15,18H,4,7-9,11-13H2,1-3H3. The molecule has 1 aliphatic heterocycles. The van der Waals surface area contributed by atoms with Crippen molar-refractivity contribution in [2.24, 2.45) is 5.92 Å². The molecule has 0 radical (unpaired) electrons. The van der Waals surface area contributed by atoms with Crippen LogP contribution < -0.4 is 10.2 Å². The largest absolute Gasteiger partial charge is 0.381 e. The lowest BCUT2D eigenvalue weighted by molar-refractivity contribution is 0.0685. The van der Waals surface area contributed by atoms with Crippen molar-refractivity contribution >= 4 is 5.82 Å². The van der Waals surface area contributed by atoms with Crippen LogP contribution in [-0.4, -0.2) is 38.3 Å². The van der Waals surface area contributed by atoms with Crippen LogP contribution in [0.5, 0.6) is 0 Å². The Hall–Kier alpha value is -1.13. The molecule has 0 bridgehead atoms. The van der Waals surface area contributed by atoms with Gasteiger partial charge in [-0.2, -0.15) is 0 Å². The van der Waals surface area contributed by atoms with Gasteiger partial charge in [0.1, 0.15) is 5.82 Å². The average molecular weight is 291 g/mol. The molecule has 1 atom stereocenters. The second-order valence-corrected chi connectivity index (χ2v) is 6.03. The molecule has 1 aromatic heterocycles. The van der Waals surface area contributed by atoms with Gasteiger partial charge < -0.3 is 15.0 Å². The third-order valence-corrected chi connectivity index (χ3v) is 4.22. The minimum absolute atomic E-state index is 0.339. The van der Waals surface area contributed by atoms with Gasteiger partial charge in [-0.25, -0.2) is 4.98 Å².